The van der Waals surface area contributed by atoms with Crippen molar-refractivity contribution >= 4 is 28.8 Å². The van der Waals surface area contributed by atoms with E-state index in [0.717, 1.165) is 30.2 Å². The number of carbonyl (C=O) groups is 1. The van der Waals surface area contributed by atoms with Gasteiger partial charge in [0.15, 0.2) is 5.65 Å². The third-order valence-corrected chi connectivity index (χ3v) is 4.95. The van der Waals surface area contributed by atoms with Crippen molar-refractivity contribution < 1.29 is 4.79 Å². The van der Waals surface area contributed by atoms with E-state index in [9.17, 15) is 9.59 Å². The Hall–Kier alpha value is -2.80. The first kappa shape index (κ1) is 16.7. The van der Waals surface area contributed by atoms with Crippen LogP contribution in [0.1, 0.15) is 16.8 Å². The van der Waals surface area contributed by atoms with Crippen molar-refractivity contribution in [2.24, 2.45) is 5.92 Å². The zero-order valence-corrected chi connectivity index (χ0v) is 14.7. The lowest BCUT2D eigenvalue weighted by Crippen LogP contribution is -2.31. The molecule has 4 rings (SSSR count). The van der Waals surface area contributed by atoms with Crippen molar-refractivity contribution in [3.05, 3.63) is 63.7 Å². The number of hydrogen-bond donors (Lipinski definition) is 2. The zero-order chi connectivity index (χ0) is 18.1. The molecule has 0 aliphatic carbocycles. The Kier molecular flexibility index (Phi) is 4.38. The molecule has 1 aliphatic rings. The van der Waals surface area contributed by atoms with Crippen LogP contribution in [0.15, 0.2) is 47.4 Å². The van der Waals surface area contributed by atoms with Gasteiger partial charge in [-0.2, -0.15) is 5.10 Å². The maximum Gasteiger partial charge on any atom is 0.347 e. The van der Waals surface area contributed by atoms with E-state index >= 15 is 0 Å². The van der Waals surface area contributed by atoms with Crippen LogP contribution in [0.5, 0.6) is 0 Å². The number of nitrogens with zero attached hydrogens (tertiary/aromatic N) is 3. The summed E-state index contributed by atoms with van der Waals surface area (Å²) in [6, 6.07) is 11.1. The number of halogens is 1. The average Bonchev–Trinajstić information content (AvgIpc) is 3.27. The molecule has 8 heteroatoms. The zero-order valence-electron chi connectivity index (χ0n) is 14.0. The number of fused-ring (bicyclic) bond motifs is 1. The first-order valence-corrected chi connectivity index (χ1v) is 8.83. The van der Waals surface area contributed by atoms with Crippen LogP contribution in [0, 0.1) is 5.92 Å². The molecule has 1 atom stereocenters. The minimum Gasteiger partial charge on any atom is -0.371 e. The van der Waals surface area contributed by atoms with E-state index in [2.05, 4.69) is 20.4 Å². The number of pyridine rings is 1. The lowest BCUT2D eigenvalue weighted by Gasteiger charge is -2.19. The van der Waals surface area contributed by atoms with Crippen LogP contribution in [0.4, 0.5) is 5.69 Å². The largest absolute Gasteiger partial charge is 0.371 e. The molecule has 1 amide bonds. The highest BCUT2D eigenvalue weighted by Gasteiger charge is 2.23. The molecule has 2 N–H and O–H groups in total. The summed E-state index contributed by atoms with van der Waals surface area (Å²) in [7, 11) is 0. The first-order valence-electron chi connectivity index (χ1n) is 8.45. The first-order chi connectivity index (χ1) is 12.6. The summed E-state index contributed by atoms with van der Waals surface area (Å²) in [6.45, 7) is 2.45. The Morgan fingerprint density at radius 3 is 2.88 bits per heavy atom. The second-order valence-corrected chi connectivity index (χ2v) is 6.90. The summed E-state index contributed by atoms with van der Waals surface area (Å²) >= 11 is 5.94. The number of hydrogen-bond acceptors (Lipinski definition) is 4. The molecular weight excluding hydrogens is 354 g/mol. The Morgan fingerprint density at radius 1 is 1.27 bits per heavy atom. The summed E-state index contributed by atoms with van der Waals surface area (Å²) in [4.78, 5) is 26.3. The molecule has 0 unspecified atom stereocenters. The van der Waals surface area contributed by atoms with Crippen LogP contribution >= 0.6 is 11.6 Å². The number of rotatable bonds is 4. The van der Waals surface area contributed by atoms with Gasteiger partial charge in [0.05, 0.1) is 5.56 Å². The fourth-order valence-electron chi connectivity index (χ4n) is 3.26. The molecule has 0 radical (unpaired) electrons. The number of H-pyrrole nitrogens is 1. The van der Waals surface area contributed by atoms with Gasteiger partial charge in [-0.05, 0) is 48.7 Å². The lowest BCUT2D eigenvalue weighted by molar-refractivity contribution is 0.0948. The Balaban J connectivity index is 1.36. The van der Waals surface area contributed by atoms with Crippen molar-refractivity contribution in [1.82, 2.24) is 19.9 Å². The van der Waals surface area contributed by atoms with Crippen LogP contribution in [0.25, 0.3) is 5.65 Å². The Labute approximate surface area is 154 Å². The molecule has 1 aromatic carbocycles. The van der Waals surface area contributed by atoms with E-state index in [0.29, 0.717) is 23.7 Å². The molecule has 3 aromatic rings. The highest BCUT2D eigenvalue weighted by Crippen LogP contribution is 2.24. The Morgan fingerprint density at radius 2 is 2.08 bits per heavy atom. The summed E-state index contributed by atoms with van der Waals surface area (Å²) < 4.78 is 1.33. The molecule has 2 aromatic heterocycles. The summed E-state index contributed by atoms with van der Waals surface area (Å²) in [6.07, 6.45) is 2.52. The van der Waals surface area contributed by atoms with Crippen molar-refractivity contribution in [3.8, 4) is 0 Å². The molecule has 0 saturated carbocycles. The third kappa shape index (κ3) is 3.30. The maximum absolute atomic E-state index is 12.4. The van der Waals surface area contributed by atoms with E-state index in [1.165, 1.54) is 10.6 Å². The topological polar surface area (TPSA) is 82.5 Å². The highest BCUT2D eigenvalue weighted by atomic mass is 35.5. The molecule has 1 fully saturated rings. The smallest absolute Gasteiger partial charge is 0.347 e. The fourth-order valence-corrected chi connectivity index (χ4v) is 3.39. The van der Waals surface area contributed by atoms with Crippen LogP contribution in [0.3, 0.4) is 0 Å². The molecule has 3 heterocycles. The summed E-state index contributed by atoms with van der Waals surface area (Å²) in [5.41, 5.74) is 1.71. The Bertz CT molecular complexity index is 995. The van der Waals surface area contributed by atoms with Crippen molar-refractivity contribution in [2.75, 3.05) is 24.5 Å². The average molecular weight is 372 g/mol. The minimum atomic E-state index is -0.357. The molecule has 1 aliphatic heterocycles. The maximum atomic E-state index is 12.4. The number of benzene rings is 1. The number of nitrogens with one attached hydrogen (secondary N) is 2. The quantitative estimate of drug-likeness (QED) is 0.734. The second kappa shape index (κ2) is 6.84. The predicted molar refractivity (Wildman–Crippen MR) is 99.9 cm³/mol. The predicted octanol–water partition coefficient (Wildman–Crippen LogP) is 1.93. The molecule has 134 valence electrons. The van der Waals surface area contributed by atoms with E-state index in [1.54, 1.807) is 12.1 Å². The standard InChI is InChI=1S/C18H18ClN5O2/c19-14-2-4-15(5-3-14)23-8-7-12(10-23)9-20-17(25)13-1-6-16-21-22-18(26)24(16)11-13/h1-6,11-12H,7-10H2,(H,20,25)(H,22,26)/t12-/m1/s1. The SMILES string of the molecule is O=C(NC[C@H]1CCN(c2ccc(Cl)cc2)C1)c1ccc2n[nH]c(=O)n2c1. The van der Waals surface area contributed by atoms with E-state index in [-0.39, 0.29) is 11.6 Å². The normalized spacial score (nSPS) is 17.0. The summed E-state index contributed by atoms with van der Waals surface area (Å²) in [5.74, 6) is 0.194. The second-order valence-electron chi connectivity index (χ2n) is 6.46. The lowest BCUT2D eigenvalue weighted by atomic mass is 10.1. The molecule has 0 spiro atoms. The van der Waals surface area contributed by atoms with Gasteiger partial charge in [0.2, 0.25) is 0 Å². The van der Waals surface area contributed by atoms with Gasteiger partial charge >= 0.3 is 5.69 Å². The molecule has 26 heavy (non-hydrogen) atoms. The van der Waals surface area contributed by atoms with Gasteiger partial charge in [-0.3, -0.25) is 4.79 Å². The number of anilines is 1. The number of carbonyl (C=O) groups excluding carboxylic acids is 1. The van der Waals surface area contributed by atoms with Crippen LogP contribution < -0.4 is 15.9 Å². The van der Waals surface area contributed by atoms with E-state index in [4.69, 9.17) is 11.6 Å². The van der Waals surface area contributed by atoms with Gasteiger partial charge in [0, 0.05) is 36.5 Å². The van der Waals surface area contributed by atoms with Crippen LogP contribution in [-0.2, 0) is 0 Å². The summed E-state index contributed by atoms with van der Waals surface area (Å²) in [5, 5.41) is 9.90. The van der Waals surface area contributed by atoms with E-state index in [1.807, 2.05) is 24.3 Å². The molecular formula is C18H18ClN5O2. The van der Waals surface area contributed by atoms with Gasteiger partial charge in [0.25, 0.3) is 5.91 Å². The number of aromatic nitrogens is 3. The van der Waals surface area contributed by atoms with E-state index < -0.39 is 0 Å². The molecule has 7 nitrogen and oxygen atoms in total. The van der Waals surface area contributed by atoms with Gasteiger partial charge < -0.3 is 10.2 Å². The van der Waals surface area contributed by atoms with Gasteiger partial charge in [0.1, 0.15) is 0 Å². The molecule has 0 bridgehead atoms. The fraction of sp³-hybridized carbons (Fsp3) is 0.278. The van der Waals surface area contributed by atoms with Gasteiger partial charge in [-0.15, -0.1) is 0 Å². The minimum absolute atomic E-state index is 0.190. The van der Waals surface area contributed by atoms with Crippen molar-refractivity contribution in [3.63, 3.8) is 0 Å². The van der Waals surface area contributed by atoms with Gasteiger partial charge in [-0.1, -0.05) is 11.6 Å². The van der Waals surface area contributed by atoms with Crippen LogP contribution in [0.2, 0.25) is 5.02 Å². The van der Waals surface area contributed by atoms with Gasteiger partial charge in [-0.25, -0.2) is 14.3 Å². The van der Waals surface area contributed by atoms with Crippen molar-refractivity contribution in [2.45, 2.75) is 6.42 Å². The monoisotopic (exact) mass is 371 g/mol. The number of aromatic amines is 1. The highest BCUT2D eigenvalue weighted by molar-refractivity contribution is 6.30. The van der Waals surface area contributed by atoms with Crippen molar-refractivity contribution in [1.29, 1.82) is 0 Å². The van der Waals surface area contributed by atoms with Crippen LogP contribution in [-0.4, -0.2) is 40.1 Å². The third-order valence-electron chi connectivity index (χ3n) is 4.70. The molecule has 1 saturated heterocycles. The number of amides is 1.